The van der Waals surface area contributed by atoms with E-state index in [4.69, 9.17) is 27.9 Å². The van der Waals surface area contributed by atoms with E-state index in [1.165, 1.54) is 6.21 Å². The van der Waals surface area contributed by atoms with Gasteiger partial charge >= 0.3 is 6.18 Å². The minimum atomic E-state index is -4.82. The Morgan fingerprint density at radius 2 is 2.15 bits per heavy atom. The molecule has 27 heavy (non-hydrogen) atoms. The largest absolute Gasteiger partial charge is 0.485 e. The summed E-state index contributed by atoms with van der Waals surface area (Å²) in [6, 6.07) is 0.940. The molecule has 144 valence electrons. The number of anilines is 1. The zero-order valence-corrected chi connectivity index (χ0v) is 15.0. The number of hydrogen-bond donors (Lipinski definition) is 1. The number of aromatic nitrogens is 2. The Kier molecular flexibility index (Phi) is 5.04. The molecule has 12 heteroatoms. The van der Waals surface area contributed by atoms with E-state index in [-0.39, 0.29) is 23.7 Å². The fraction of sp³-hybridized carbons (Fsp3) is 0.267. The van der Waals surface area contributed by atoms with E-state index in [2.05, 4.69) is 15.4 Å². The van der Waals surface area contributed by atoms with E-state index in [1.807, 2.05) is 0 Å². The van der Waals surface area contributed by atoms with Crippen LogP contribution in [0.1, 0.15) is 5.69 Å². The molecule has 0 atom stereocenters. The number of carbonyl (C=O) groups is 1. The lowest BCUT2D eigenvalue weighted by molar-refractivity contribution is -0.143. The van der Waals surface area contributed by atoms with Crippen molar-refractivity contribution in [1.82, 2.24) is 9.78 Å². The molecule has 1 aliphatic heterocycles. The Labute approximate surface area is 159 Å². The molecule has 0 fully saturated rings. The highest BCUT2D eigenvalue weighted by molar-refractivity contribution is 6.34. The Bertz CT molecular complexity index is 957. The van der Waals surface area contributed by atoms with E-state index < -0.39 is 45.8 Å². The minimum absolute atomic E-state index is 0.00622. The molecule has 6 nitrogen and oxygen atoms in total. The summed E-state index contributed by atoms with van der Waals surface area (Å²) in [6.45, 7) is 0.0667. The van der Waals surface area contributed by atoms with Crippen LogP contribution in [0, 0.1) is 5.82 Å². The highest BCUT2D eigenvalue weighted by Gasteiger charge is 2.40. The molecule has 1 aromatic heterocycles. The maximum atomic E-state index is 14.8. The molecule has 0 spiro atoms. The van der Waals surface area contributed by atoms with E-state index >= 15 is 0 Å². The molecular weight excluding hydrogens is 415 g/mol. The molecule has 0 bridgehead atoms. The average molecular weight is 425 g/mol. The summed E-state index contributed by atoms with van der Waals surface area (Å²) in [6.07, 6.45) is -3.47. The van der Waals surface area contributed by atoms with Crippen LogP contribution in [-0.2, 0) is 18.0 Å². The molecule has 0 unspecified atom stereocenters. The van der Waals surface area contributed by atoms with Gasteiger partial charge in [0.25, 0.3) is 0 Å². The number of hydrogen-bond acceptors (Lipinski definition) is 4. The molecule has 1 N–H and O–H groups in total. The van der Waals surface area contributed by atoms with Gasteiger partial charge in [-0.1, -0.05) is 11.6 Å². The topological polar surface area (TPSA) is 68.5 Å². The van der Waals surface area contributed by atoms with Crippen LogP contribution >= 0.6 is 23.2 Å². The quantitative estimate of drug-likeness (QED) is 0.593. The maximum Gasteiger partial charge on any atom is 0.434 e. The number of benzene rings is 1. The first-order chi connectivity index (χ1) is 12.6. The third-order valence-corrected chi connectivity index (χ3v) is 4.23. The Morgan fingerprint density at radius 3 is 2.74 bits per heavy atom. The van der Waals surface area contributed by atoms with Gasteiger partial charge in [0.1, 0.15) is 29.7 Å². The predicted octanol–water partition coefficient (Wildman–Crippen LogP) is 4.17. The summed E-state index contributed by atoms with van der Waals surface area (Å²) in [5, 5.41) is 5.21. The van der Waals surface area contributed by atoms with Gasteiger partial charge in [-0.15, -0.1) is 11.6 Å². The second kappa shape index (κ2) is 7.01. The van der Waals surface area contributed by atoms with Gasteiger partial charge in [0.2, 0.25) is 5.91 Å². The molecule has 1 aromatic carbocycles. The first-order valence-corrected chi connectivity index (χ1v) is 8.24. The van der Waals surface area contributed by atoms with Gasteiger partial charge in [0.05, 0.1) is 16.3 Å². The second-order valence-electron chi connectivity index (χ2n) is 5.39. The van der Waals surface area contributed by atoms with Gasteiger partial charge in [-0.25, -0.2) is 4.39 Å². The fourth-order valence-corrected chi connectivity index (χ4v) is 3.03. The molecule has 2 heterocycles. The number of halogens is 6. The zero-order chi connectivity index (χ0) is 19.9. The third kappa shape index (κ3) is 3.46. The number of rotatable bonds is 3. The number of nitrogens with zero attached hydrogens (tertiary/aromatic N) is 3. The highest BCUT2D eigenvalue weighted by atomic mass is 35.5. The second-order valence-corrected chi connectivity index (χ2v) is 6.04. The van der Waals surface area contributed by atoms with Gasteiger partial charge in [0.15, 0.2) is 11.4 Å². The van der Waals surface area contributed by atoms with Crippen molar-refractivity contribution in [2.45, 2.75) is 6.18 Å². The predicted molar refractivity (Wildman–Crippen MR) is 91.6 cm³/mol. The van der Waals surface area contributed by atoms with Crippen LogP contribution in [0.25, 0.3) is 11.3 Å². The SMILES string of the molecule is Cn1nc(-c2c(F)cc3c(c2NC(=O)CCl)N=CCO3)c(Cl)c1C(F)(F)F. The number of amides is 1. The summed E-state index contributed by atoms with van der Waals surface area (Å²) in [5.41, 5.74) is -2.43. The van der Waals surface area contributed by atoms with E-state index in [0.29, 0.717) is 4.68 Å². The van der Waals surface area contributed by atoms with Crippen molar-refractivity contribution in [1.29, 1.82) is 0 Å². The first-order valence-electron chi connectivity index (χ1n) is 7.32. The van der Waals surface area contributed by atoms with Crippen molar-refractivity contribution in [2.24, 2.45) is 12.0 Å². The number of fused-ring (bicyclic) bond motifs is 1. The van der Waals surface area contributed by atoms with Crippen LogP contribution < -0.4 is 10.1 Å². The molecular formula is C15H10Cl2F4N4O2. The summed E-state index contributed by atoms with van der Waals surface area (Å²) in [7, 11) is 1.02. The molecule has 1 aliphatic rings. The smallest absolute Gasteiger partial charge is 0.434 e. The minimum Gasteiger partial charge on any atom is -0.485 e. The Balaban J connectivity index is 2.31. The molecule has 2 aromatic rings. The lowest BCUT2D eigenvalue weighted by Gasteiger charge is -2.19. The van der Waals surface area contributed by atoms with Crippen molar-refractivity contribution in [2.75, 3.05) is 17.8 Å². The van der Waals surface area contributed by atoms with Crippen molar-refractivity contribution in [3.63, 3.8) is 0 Å². The summed E-state index contributed by atoms with van der Waals surface area (Å²) >= 11 is 11.3. The van der Waals surface area contributed by atoms with E-state index in [9.17, 15) is 22.4 Å². The Morgan fingerprint density at radius 1 is 1.44 bits per heavy atom. The number of nitrogens with one attached hydrogen (secondary N) is 1. The van der Waals surface area contributed by atoms with Crippen LogP contribution in [-0.4, -0.2) is 34.4 Å². The van der Waals surface area contributed by atoms with Crippen LogP contribution in [0.4, 0.5) is 28.9 Å². The van der Waals surface area contributed by atoms with Gasteiger partial charge in [-0.2, -0.15) is 18.3 Å². The highest BCUT2D eigenvalue weighted by Crippen LogP contribution is 2.48. The standard InChI is InChI=1S/C15H10Cl2F4N4O2/c1-25-14(15(19,20)21)10(17)12(24-25)9-6(18)4-7-11(22-2-3-27-7)13(9)23-8(26)5-16/h2,4H,3,5H2,1H3,(H,23,26). The molecule has 0 saturated carbocycles. The van der Waals surface area contributed by atoms with E-state index in [0.717, 1.165) is 13.1 Å². The summed E-state index contributed by atoms with van der Waals surface area (Å²) < 4.78 is 60.2. The van der Waals surface area contributed by atoms with Gasteiger partial charge < -0.3 is 10.1 Å². The Hall–Kier alpha value is -2.33. The lowest BCUT2D eigenvalue weighted by Crippen LogP contribution is -2.15. The average Bonchev–Trinajstić information content (AvgIpc) is 2.88. The molecule has 1 amide bonds. The van der Waals surface area contributed by atoms with Crippen LogP contribution in [0.2, 0.25) is 5.02 Å². The van der Waals surface area contributed by atoms with Crippen molar-refractivity contribution in [3.05, 3.63) is 22.6 Å². The number of carbonyl (C=O) groups excluding carboxylic acids is 1. The summed E-state index contributed by atoms with van der Waals surface area (Å²) in [5.74, 6) is -2.19. The van der Waals surface area contributed by atoms with E-state index in [1.54, 1.807) is 0 Å². The van der Waals surface area contributed by atoms with Crippen LogP contribution in [0.5, 0.6) is 5.75 Å². The molecule has 3 rings (SSSR count). The normalized spacial score (nSPS) is 13.3. The fourth-order valence-electron chi connectivity index (χ4n) is 2.60. The molecule has 0 radical (unpaired) electrons. The molecule has 0 aliphatic carbocycles. The van der Waals surface area contributed by atoms with Crippen molar-refractivity contribution in [3.8, 4) is 17.0 Å². The zero-order valence-electron chi connectivity index (χ0n) is 13.5. The van der Waals surface area contributed by atoms with Crippen molar-refractivity contribution >= 4 is 46.7 Å². The third-order valence-electron chi connectivity index (χ3n) is 3.63. The number of alkyl halides is 4. The first kappa shape index (κ1) is 19.4. The summed E-state index contributed by atoms with van der Waals surface area (Å²) in [4.78, 5) is 15.8. The maximum absolute atomic E-state index is 14.8. The van der Waals surface area contributed by atoms with Gasteiger partial charge in [0, 0.05) is 19.3 Å². The number of aryl methyl sites for hydroxylation is 1. The van der Waals surface area contributed by atoms with Crippen molar-refractivity contribution < 1.29 is 27.1 Å². The monoisotopic (exact) mass is 424 g/mol. The lowest BCUT2D eigenvalue weighted by atomic mass is 10.0. The number of aliphatic imine (C=N–C) groups is 1. The van der Waals surface area contributed by atoms with Crippen LogP contribution in [0.15, 0.2) is 11.1 Å². The number of ether oxygens (including phenoxy) is 1. The molecule has 0 saturated heterocycles. The van der Waals surface area contributed by atoms with Gasteiger partial charge in [-0.3, -0.25) is 14.5 Å². The van der Waals surface area contributed by atoms with Gasteiger partial charge in [-0.05, 0) is 0 Å². The van der Waals surface area contributed by atoms with Crippen LogP contribution in [0.3, 0.4) is 0 Å².